The van der Waals surface area contributed by atoms with E-state index >= 15 is 0 Å². The predicted molar refractivity (Wildman–Crippen MR) is 137 cm³/mol. The zero-order chi connectivity index (χ0) is 25.8. The molecule has 0 bridgehead atoms. The van der Waals surface area contributed by atoms with Crippen molar-refractivity contribution in [2.75, 3.05) is 19.7 Å². The second-order valence-corrected chi connectivity index (χ2v) is 11.7. The zero-order valence-electron chi connectivity index (χ0n) is 20.6. The van der Waals surface area contributed by atoms with Gasteiger partial charge in [-0.15, -0.1) is 0 Å². The normalized spacial score (nSPS) is 15.6. The zero-order valence-corrected chi connectivity index (χ0v) is 21.4. The number of halogens is 1. The van der Waals surface area contributed by atoms with E-state index in [9.17, 15) is 17.6 Å². The molecule has 36 heavy (non-hydrogen) atoms. The number of para-hydroxylation sites is 1. The SMILES string of the molecule is CC(C)(CCCOc1ccc(F)cc1)C(=O)NC1CCN(S(=O)(=O)c2cccc3cccnc23)CC1. The number of nitrogens with one attached hydrogen (secondary N) is 1. The smallest absolute Gasteiger partial charge is 0.245 e. The molecule has 0 radical (unpaired) electrons. The molecule has 2 aromatic carbocycles. The first-order chi connectivity index (χ1) is 17.2. The number of pyridine rings is 1. The molecule has 1 aliphatic rings. The topological polar surface area (TPSA) is 88.6 Å². The summed E-state index contributed by atoms with van der Waals surface area (Å²) in [4.78, 5) is 17.5. The van der Waals surface area contributed by atoms with E-state index in [-0.39, 0.29) is 22.7 Å². The Balaban J connectivity index is 1.27. The molecule has 4 rings (SSSR count). The minimum Gasteiger partial charge on any atom is -0.494 e. The Morgan fingerprint density at radius 3 is 2.53 bits per heavy atom. The monoisotopic (exact) mass is 513 g/mol. The molecule has 0 spiro atoms. The average molecular weight is 514 g/mol. The second-order valence-electron chi connectivity index (χ2n) is 9.77. The molecule has 3 aromatic rings. The Bertz CT molecular complexity index is 1300. The van der Waals surface area contributed by atoms with Gasteiger partial charge >= 0.3 is 0 Å². The molecule has 1 amide bonds. The van der Waals surface area contributed by atoms with Crippen molar-refractivity contribution in [1.29, 1.82) is 0 Å². The Labute approximate surface area is 211 Å². The summed E-state index contributed by atoms with van der Waals surface area (Å²) in [6.07, 6.45) is 3.99. The molecule has 9 heteroatoms. The first kappa shape index (κ1) is 26.0. The molecular weight excluding hydrogens is 481 g/mol. The fourth-order valence-corrected chi connectivity index (χ4v) is 6.03. The minimum absolute atomic E-state index is 0.0520. The number of sulfonamides is 1. The third-order valence-electron chi connectivity index (χ3n) is 6.65. The molecule has 1 aliphatic heterocycles. The number of amides is 1. The number of carbonyl (C=O) groups excluding carboxylic acids is 1. The third kappa shape index (κ3) is 6.02. The maximum absolute atomic E-state index is 13.3. The maximum Gasteiger partial charge on any atom is 0.245 e. The summed E-state index contributed by atoms with van der Waals surface area (Å²) < 4.78 is 46.7. The van der Waals surface area contributed by atoms with E-state index in [4.69, 9.17) is 4.74 Å². The standard InChI is InChI=1S/C27H32FN3O4S/c1-27(2,15-5-19-35-23-11-9-21(28)10-12-23)26(32)30-22-13-17-31(18-14-22)36(33,34)24-8-3-6-20-7-4-16-29-25(20)24/h3-4,6-12,16,22H,5,13-15,17-19H2,1-2H3,(H,30,32). The number of rotatable bonds is 9. The Morgan fingerprint density at radius 2 is 1.81 bits per heavy atom. The van der Waals surface area contributed by atoms with Crippen molar-refractivity contribution < 1.29 is 22.3 Å². The fraction of sp³-hybridized carbons (Fsp3) is 0.407. The van der Waals surface area contributed by atoms with E-state index in [0.29, 0.717) is 56.6 Å². The molecule has 1 N–H and O–H groups in total. The van der Waals surface area contributed by atoms with Crippen LogP contribution in [0.25, 0.3) is 10.9 Å². The highest BCUT2D eigenvalue weighted by atomic mass is 32.2. The van der Waals surface area contributed by atoms with Crippen LogP contribution in [0, 0.1) is 11.2 Å². The summed E-state index contributed by atoms with van der Waals surface area (Å²) in [5.41, 5.74) is -0.121. The molecule has 2 heterocycles. The lowest BCUT2D eigenvalue weighted by Gasteiger charge is -2.34. The van der Waals surface area contributed by atoms with Gasteiger partial charge in [0.05, 0.1) is 12.1 Å². The Morgan fingerprint density at radius 1 is 1.11 bits per heavy atom. The first-order valence-electron chi connectivity index (χ1n) is 12.2. The first-order valence-corrected chi connectivity index (χ1v) is 13.6. The quantitative estimate of drug-likeness (QED) is 0.425. The summed E-state index contributed by atoms with van der Waals surface area (Å²) in [7, 11) is -3.69. The van der Waals surface area contributed by atoms with Gasteiger partial charge in [0.2, 0.25) is 15.9 Å². The molecule has 192 valence electrons. The molecule has 1 saturated heterocycles. The van der Waals surface area contributed by atoms with Crippen molar-refractivity contribution in [2.45, 2.75) is 50.5 Å². The number of aromatic nitrogens is 1. The van der Waals surface area contributed by atoms with Crippen LogP contribution in [0.1, 0.15) is 39.5 Å². The molecule has 0 unspecified atom stereocenters. The lowest BCUT2D eigenvalue weighted by molar-refractivity contribution is -0.130. The van der Waals surface area contributed by atoms with Crippen LogP contribution in [-0.4, -0.2) is 49.4 Å². The van der Waals surface area contributed by atoms with Gasteiger partial charge in [0, 0.05) is 36.1 Å². The minimum atomic E-state index is -3.69. The van der Waals surface area contributed by atoms with E-state index < -0.39 is 15.4 Å². The lowest BCUT2D eigenvalue weighted by atomic mass is 9.86. The Hall–Kier alpha value is -3.04. The van der Waals surface area contributed by atoms with Crippen molar-refractivity contribution >= 4 is 26.8 Å². The summed E-state index contributed by atoms with van der Waals surface area (Å²) >= 11 is 0. The summed E-state index contributed by atoms with van der Waals surface area (Å²) in [5.74, 6) is 0.234. The molecule has 0 aliphatic carbocycles. The number of carbonyl (C=O) groups is 1. The van der Waals surface area contributed by atoms with Crippen molar-refractivity contribution in [1.82, 2.24) is 14.6 Å². The highest BCUT2D eigenvalue weighted by Gasteiger charge is 2.34. The van der Waals surface area contributed by atoms with Crippen LogP contribution in [0.4, 0.5) is 4.39 Å². The van der Waals surface area contributed by atoms with Gasteiger partial charge in [-0.1, -0.05) is 32.0 Å². The number of ether oxygens (including phenoxy) is 1. The maximum atomic E-state index is 13.3. The van der Waals surface area contributed by atoms with Crippen LogP contribution in [0.5, 0.6) is 5.75 Å². The molecule has 0 saturated carbocycles. The van der Waals surface area contributed by atoms with Crippen molar-refractivity contribution in [3.63, 3.8) is 0 Å². The van der Waals surface area contributed by atoms with E-state index in [1.54, 1.807) is 36.5 Å². The van der Waals surface area contributed by atoms with Crippen LogP contribution < -0.4 is 10.1 Å². The van der Waals surface area contributed by atoms with Gasteiger partial charge in [0.25, 0.3) is 0 Å². The number of hydrogen-bond donors (Lipinski definition) is 1. The van der Waals surface area contributed by atoms with E-state index in [1.807, 2.05) is 26.0 Å². The van der Waals surface area contributed by atoms with Gasteiger partial charge in [0.1, 0.15) is 16.5 Å². The highest BCUT2D eigenvalue weighted by Crippen LogP contribution is 2.28. The van der Waals surface area contributed by atoms with Crippen LogP contribution >= 0.6 is 0 Å². The van der Waals surface area contributed by atoms with Crippen LogP contribution in [0.2, 0.25) is 0 Å². The summed E-state index contributed by atoms with van der Waals surface area (Å²) in [5, 5.41) is 3.89. The van der Waals surface area contributed by atoms with Gasteiger partial charge in [0.15, 0.2) is 0 Å². The summed E-state index contributed by atoms with van der Waals surface area (Å²) in [6.45, 7) is 4.90. The van der Waals surface area contributed by atoms with Gasteiger partial charge in [-0.2, -0.15) is 4.31 Å². The number of benzene rings is 2. The van der Waals surface area contributed by atoms with Crippen LogP contribution in [0.15, 0.2) is 65.7 Å². The third-order valence-corrected chi connectivity index (χ3v) is 8.58. The van der Waals surface area contributed by atoms with Gasteiger partial charge in [-0.05, 0) is 62.1 Å². The number of nitrogens with zero attached hydrogens (tertiary/aromatic N) is 2. The molecule has 0 atom stereocenters. The highest BCUT2D eigenvalue weighted by molar-refractivity contribution is 7.89. The second kappa shape index (κ2) is 10.9. The van der Waals surface area contributed by atoms with Crippen LogP contribution in [0.3, 0.4) is 0 Å². The van der Waals surface area contributed by atoms with Crippen molar-refractivity contribution in [3.05, 3.63) is 66.6 Å². The predicted octanol–water partition coefficient (Wildman–Crippen LogP) is 4.53. The van der Waals surface area contributed by atoms with E-state index in [2.05, 4.69) is 10.3 Å². The molecule has 7 nitrogen and oxygen atoms in total. The van der Waals surface area contributed by atoms with Crippen molar-refractivity contribution in [2.24, 2.45) is 5.41 Å². The van der Waals surface area contributed by atoms with Crippen LogP contribution in [-0.2, 0) is 14.8 Å². The van der Waals surface area contributed by atoms with E-state index in [1.165, 1.54) is 16.4 Å². The van der Waals surface area contributed by atoms with Gasteiger partial charge in [-0.3, -0.25) is 9.78 Å². The van der Waals surface area contributed by atoms with Crippen molar-refractivity contribution in [3.8, 4) is 5.75 Å². The molecule has 1 aromatic heterocycles. The average Bonchev–Trinajstić information content (AvgIpc) is 2.87. The number of hydrogen-bond acceptors (Lipinski definition) is 5. The Kier molecular flexibility index (Phi) is 7.90. The number of piperidine rings is 1. The van der Waals surface area contributed by atoms with E-state index in [0.717, 1.165) is 5.39 Å². The summed E-state index contributed by atoms with van der Waals surface area (Å²) in [6, 6.07) is 14.6. The van der Waals surface area contributed by atoms with Gasteiger partial charge in [-0.25, -0.2) is 12.8 Å². The van der Waals surface area contributed by atoms with Gasteiger partial charge < -0.3 is 10.1 Å². The largest absolute Gasteiger partial charge is 0.494 e. The number of fused-ring (bicyclic) bond motifs is 1. The fourth-order valence-electron chi connectivity index (χ4n) is 4.39. The lowest BCUT2D eigenvalue weighted by Crippen LogP contribution is -2.49. The molecular formula is C27H32FN3O4S. The molecule has 1 fully saturated rings.